The standard InChI is InChI=1S/C14H14ClN3/c15-11-4-1-3-10(7-11)13-8-16-9-14(18-13)12-5-2-6-17-12/h1,3-4,7-9,12,17H,2,5-6H2. The molecule has 3 nitrogen and oxygen atoms in total. The molecule has 0 saturated carbocycles. The van der Waals surface area contributed by atoms with Crippen LogP contribution in [0.25, 0.3) is 11.3 Å². The Balaban J connectivity index is 1.95. The molecule has 3 rings (SSSR count). The fraction of sp³-hybridized carbons (Fsp3) is 0.286. The van der Waals surface area contributed by atoms with Crippen molar-refractivity contribution in [3.05, 3.63) is 47.4 Å². The molecule has 1 saturated heterocycles. The van der Waals surface area contributed by atoms with Crippen LogP contribution in [0.5, 0.6) is 0 Å². The van der Waals surface area contributed by atoms with Gasteiger partial charge in [0.05, 0.1) is 29.8 Å². The third-order valence-electron chi connectivity index (χ3n) is 3.19. The Morgan fingerprint density at radius 1 is 1.28 bits per heavy atom. The number of nitrogens with zero attached hydrogens (tertiary/aromatic N) is 2. The molecule has 1 unspecified atom stereocenters. The number of rotatable bonds is 2. The first-order chi connectivity index (χ1) is 8.83. The van der Waals surface area contributed by atoms with Gasteiger partial charge >= 0.3 is 0 Å². The van der Waals surface area contributed by atoms with Crippen molar-refractivity contribution in [1.29, 1.82) is 0 Å². The van der Waals surface area contributed by atoms with Gasteiger partial charge in [-0.3, -0.25) is 4.98 Å². The largest absolute Gasteiger partial charge is 0.309 e. The monoisotopic (exact) mass is 259 g/mol. The summed E-state index contributed by atoms with van der Waals surface area (Å²) >= 11 is 6.00. The summed E-state index contributed by atoms with van der Waals surface area (Å²) in [5.74, 6) is 0. The van der Waals surface area contributed by atoms with Crippen LogP contribution in [-0.4, -0.2) is 16.5 Å². The molecular formula is C14H14ClN3. The molecule has 18 heavy (non-hydrogen) atoms. The van der Waals surface area contributed by atoms with E-state index >= 15 is 0 Å². The number of hydrogen-bond acceptors (Lipinski definition) is 3. The summed E-state index contributed by atoms with van der Waals surface area (Å²) in [6.07, 6.45) is 5.96. The van der Waals surface area contributed by atoms with Crippen molar-refractivity contribution in [1.82, 2.24) is 15.3 Å². The molecule has 1 atom stereocenters. The molecular weight excluding hydrogens is 246 g/mol. The number of benzene rings is 1. The third-order valence-corrected chi connectivity index (χ3v) is 3.43. The molecule has 1 N–H and O–H groups in total. The number of nitrogens with one attached hydrogen (secondary N) is 1. The lowest BCUT2D eigenvalue weighted by atomic mass is 10.1. The Morgan fingerprint density at radius 3 is 3.00 bits per heavy atom. The zero-order chi connectivity index (χ0) is 12.4. The maximum atomic E-state index is 6.00. The molecule has 0 bridgehead atoms. The maximum Gasteiger partial charge on any atom is 0.0889 e. The van der Waals surface area contributed by atoms with Gasteiger partial charge in [0.1, 0.15) is 0 Å². The minimum atomic E-state index is 0.344. The van der Waals surface area contributed by atoms with Crippen LogP contribution in [0, 0.1) is 0 Å². The minimum Gasteiger partial charge on any atom is -0.309 e. The average Bonchev–Trinajstić information content (AvgIpc) is 2.93. The molecule has 1 aromatic carbocycles. The molecule has 2 aromatic rings. The summed E-state index contributed by atoms with van der Waals surface area (Å²) in [6, 6.07) is 8.05. The quantitative estimate of drug-likeness (QED) is 0.900. The number of hydrogen-bond donors (Lipinski definition) is 1. The summed E-state index contributed by atoms with van der Waals surface area (Å²) in [5.41, 5.74) is 2.91. The lowest BCUT2D eigenvalue weighted by molar-refractivity contribution is 0.625. The Kier molecular flexibility index (Phi) is 3.26. The van der Waals surface area contributed by atoms with Crippen LogP contribution in [-0.2, 0) is 0 Å². The van der Waals surface area contributed by atoms with Crippen LogP contribution in [0.1, 0.15) is 24.6 Å². The van der Waals surface area contributed by atoms with Crippen molar-refractivity contribution < 1.29 is 0 Å². The van der Waals surface area contributed by atoms with Crippen LogP contribution >= 0.6 is 11.6 Å². The zero-order valence-corrected chi connectivity index (χ0v) is 10.7. The molecule has 1 aromatic heterocycles. The highest BCUT2D eigenvalue weighted by molar-refractivity contribution is 6.30. The highest BCUT2D eigenvalue weighted by atomic mass is 35.5. The Labute approximate surface area is 111 Å². The van der Waals surface area contributed by atoms with Crippen molar-refractivity contribution in [3.8, 4) is 11.3 Å². The van der Waals surface area contributed by atoms with Crippen LogP contribution in [0.15, 0.2) is 36.7 Å². The van der Waals surface area contributed by atoms with E-state index in [0.29, 0.717) is 6.04 Å². The first-order valence-electron chi connectivity index (χ1n) is 6.14. The van der Waals surface area contributed by atoms with Crippen molar-refractivity contribution in [2.45, 2.75) is 18.9 Å². The fourth-order valence-electron chi connectivity index (χ4n) is 2.27. The van der Waals surface area contributed by atoms with Crippen molar-refractivity contribution in [2.75, 3.05) is 6.54 Å². The predicted octanol–water partition coefficient (Wildman–Crippen LogP) is 3.22. The van der Waals surface area contributed by atoms with E-state index in [1.54, 1.807) is 6.20 Å². The molecule has 0 radical (unpaired) electrons. The van der Waals surface area contributed by atoms with E-state index in [1.807, 2.05) is 30.5 Å². The van der Waals surface area contributed by atoms with Gasteiger partial charge in [0.25, 0.3) is 0 Å². The van der Waals surface area contributed by atoms with Crippen LogP contribution in [0.3, 0.4) is 0 Å². The molecule has 92 valence electrons. The number of halogens is 1. The molecule has 2 heterocycles. The molecule has 1 fully saturated rings. The Bertz CT molecular complexity index is 550. The second-order valence-electron chi connectivity index (χ2n) is 4.49. The number of aromatic nitrogens is 2. The summed E-state index contributed by atoms with van der Waals surface area (Å²) in [7, 11) is 0. The summed E-state index contributed by atoms with van der Waals surface area (Å²) in [4.78, 5) is 8.97. The highest BCUT2D eigenvalue weighted by Crippen LogP contribution is 2.24. The van der Waals surface area contributed by atoms with E-state index < -0.39 is 0 Å². The summed E-state index contributed by atoms with van der Waals surface area (Å²) in [5, 5.41) is 4.16. The zero-order valence-electron chi connectivity index (χ0n) is 9.94. The molecule has 1 aliphatic heterocycles. The minimum absolute atomic E-state index is 0.344. The van der Waals surface area contributed by atoms with Crippen molar-refractivity contribution >= 4 is 11.6 Å². The normalized spacial score (nSPS) is 19.1. The third kappa shape index (κ3) is 2.37. The first kappa shape index (κ1) is 11.6. The molecule has 4 heteroatoms. The van der Waals surface area contributed by atoms with E-state index in [9.17, 15) is 0 Å². The smallest absolute Gasteiger partial charge is 0.0889 e. The van der Waals surface area contributed by atoms with Gasteiger partial charge in [-0.2, -0.15) is 0 Å². The van der Waals surface area contributed by atoms with Gasteiger partial charge < -0.3 is 5.32 Å². The second-order valence-corrected chi connectivity index (χ2v) is 4.92. The highest BCUT2D eigenvalue weighted by Gasteiger charge is 2.18. The fourth-order valence-corrected chi connectivity index (χ4v) is 2.46. The topological polar surface area (TPSA) is 37.8 Å². The van der Waals surface area contributed by atoms with E-state index in [-0.39, 0.29) is 0 Å². The average molecular weight is 260 g/mol. The predicted molar refractivity (Wildman–Crippen MR) is 72.5 cm³/mol. The van der Waals surface area contributed by atoms with Crippen LogP contribution < -0.4 is 5.32 Å². The van der Waals surface area contributed by atoms with E-state index in [4.69, 9.17) is 11.6 Å². The van der Waals surface area contributed by atoms with Gasteiger partial charge in [-0.15, -0.1) is 0 Å². The van der Waals surface area contributed by atoms with Crippen molar-refractivity contribution in [2.24, 2.45) is 0 Å². The lowest BCUT2D eigenvalue weighted by Gasteiger charge is -2.10. The van der Waals surface area contributed by atoms with Gasteiger partial charge in [-0.1, -0.05) is 23.7 Å². The summed E-state index contributed by atoms with van der Waals surface area (Å²) < 4.78 is 0. The van der Waals surface area contributed by atoms with Crippen molar-refractivity contribution in [3.63, 3.8) is 0 Å². The maximum absolute atomic E-state index is 6.00. The molecule has 0 aliphatic carbocycles. The van der Waals surface area contributed by atoms with E-state index in [0.717, 1.165) is 34.9 Å². The van der Waals surface area contributed by atoms with Crippen LogP contribution in [0.4, 0.5) is 0 Å². The lowest BCUT2D eigenvalue weighted by Crippen LogP contribution is -2.14. The molecule has 0 spiro atoms. The van der Waals surface area contributed by atoms with Gasteiger partial charge in [0.15, 0.2) is 0 Å². The van der Waals surface area contributed by atoms with Gasteiger partial charge in [0, 0.05) is 10.6 Å². The molecule has 0 amide bonds. The van der Waals surface area contributed by atoms with Gasteiger partial charge in [-0.05, 0) is 31.5 Å². The molecule has 1 aliphatic rings. The Hall–Kier alpha value is -1.45. The van der Waals surface area contributed by atoms with Gasteiger partial charge in [0.2, 0.25) is 0 Å². The first-order valence-corrected chi connectivity index (χ1v) is 6.52. The van der Waals surface area contributed by atoms with E-state index in [2.05, 4.69) is 15.3 Å². The summed E-state index contributed by atoms with van der Waals surface area (Å²) in [6.45, 7) is 1.06. The van der Waals surface area contributed by atoms with Crippen LogP contribution in [0.2, 0.25) is 5.02 Å². The second kappa shape index (κ2) is 5.04. The Morgan fingerprint density at radius 2 is 2.22 bits per heavy atom. The SMILES string of the molecule is Clc1cccc(-c2cncc(C3CCCN3)n2)c1. The van der Waals surface area contributed by atoms with E-state index in [1.165, 1.54) is 6.42 Å². The van der Waals surface area contributed by atoms with Gasteiger partial charge in [-0.25, -0.2) is 4.98 Å².